The zero-order chi connectivity index (χ0) is 15.4. The molecular formula is C17H12N6. The standard InChI is InChI=1S/C17H12N6/c18-8-11-1-4-14-15(7-11)23(12-2-3-12)17(21-14)22-10-20-13-5-6-19-9-16(13)22/h1,4-7,9-10,12H,2-3H2. The van der Waals surface area contributed by atoms with E-state index in [9.17, 15) is 5.26 Å². The van der Waals surface area contributed by atoms with Crippen LogP contribution in [0.2, 0.25) is 0 Å². The number of nitriles is 1. The van der Waals surface area contributed by atoms with Crippen LogP contribution in [0.1, 0.15) is 24.4 Å². The van der Waals surface area contributed by atoms with Crippen LogP contribution in [0.15, 0.2) is 43.0 Å². The van der Waals surface area contributed by atoms with E-state index in [4.69, 9.17) is 4.98 Å². The van der Waals surface area contributed by atoms with E-state index in [-0.39, 0.29) is 0 Å². The fourth-order valence-electron chi connectivity index (χ4n) is 3.03. The number of nitrogens with zero attached hydrogens (tertiary/aromatic N) is 6. The smallest absolute Gasteiger partial charge is 0.216 e. The molecule has 1 saturated carbocycles. The highest BCUT2D eigenvalue weighted by atomic mass is 15.3. The second-order valence-electron chi connectivity index (χ2n) is 5.81. The molecule has 0 unspecified atom stereocenters. The molecule has 4 aromatic rings. The molecular weight excluding hydrogens is 288 g/mol. The lowest BCUT2D eigenvalue weighted by Crippen LogP contribution is -2.04. The summed E-state index contributed by atoms with van der Waals surface area (Å²) in [7, 11) is 0. The number of hydrogen-bond acceptors (Lipinski definition) is 4. The monoisotopic (exact) mass is 300 g/mol. The summed E-state index contributed by atoms with van der Waals surface area (Å²) in [6.07, 6.45) is 7.61. The van der Waals surface area contributed by atoms with Crippen LogP contribution in [-0.2, 0) is 0 Å². The van der Waals surface area contributed by atoms with E-state index in [0.29, 0.717) is 11.6 Å². The largest absolute Gasteiger partial charge is 0.306 e. The van der Waals surface area contributed by atoms with Crippen LogP contribution in [0.4, 0.5) is 0 Å². The van der Waals surface area contributed by atoms with Crippen LogP contribution >= 0.6 is 0 Å². The van der Waals surface area contributed by atoms with Crippen molar-refractivity contribution in [1.82, 2.24) is 24.1 Å². The Labute approximate surface area is 131 Å². The fourth-order valence-corrected chi connectivity index (χ4v) is 3.03. The first-order valence-electron chi connectivity index (χ1n) is 7.55. The number of imidazole rings is 2. The van der Waals surface area contributed by atoms with Gasteiger partial charge in [0.25, 0.3) is 0 Å². The first kappa shape index (κ1) is 12.4. The molecule has 0 N–H and O–H groups in total. The number of pyridine rings is 1. The lowest BCUT2D eigenvalue weighted by atomic mass is 10.2. The van der Waals surface area contributed by atoms with Crippen LogP contribution in [0.5, 0.6) is 0 Å². The molecule has 0 bridgehead atoms. The number of fused-ring (bicyclic) bond motifs is 2. The quantitative estimate of drug-likeness (QED) is 0.570. The van der Waals surface area contributed by atoms with E-state index in [1.807, 2.05) is 28.8 Å². The predicted octanol–water partition coefficient (Wildman–Crippen LogP) is 2.98. The average molecular weight is 300 g/mol. The Morgan fingerprint density at radius 1 is 1.13 bits per heavy atom. The van der Waals surface area contributed by atoms with Crippen LogP contribution in [0, 0.1) is 11.3 Å². The summed E-state index contributed by atoms with van der Waals surface area (Å²) < 4.78 is 4.21. The molecule has 6 heteroatoms. The van der Waals surface area contributed by atoms with Crippen molar-refractivity contribution in [3.8, 4) is 12.0 Å². The van der Waals surface area contributed by atoms with Gasteiger partial charge in [0.05, 0.1) is 39.9 Å². The summed E-state index contributed by atoms with van der Waals surface area (Å²) in [6.45, 7) is 0. The fraction of sp³-hybridized carbons (Fsp3) is 0.176. The number of rotatable bonds is 2. The number of hydrogen-bond donors (Lipinski definition) is 0. The van der Waals surface area contributed by atoms with Crippen molar-refractivity contribution in [3.05, 3.63) is 48.5 Å². The van der Waals surface area contributed by atoms with Gasteiger partial charge in [-0.15, -0.1) is 0 Å². The Hall–Kier alpha value is -3.20. The lowest BCUT2D eigenvalue weighted by Gasteiger charge is -2.08. The molecule has 5 rings (SSSR count). The molecule has 0 atom stereocenters. The molecule has 0 saturated heterocycles. The van der Waals surface area contributed by atoms with Crippen molar-refractivity contribution in [2.75, 3.05) is 0 Å². The maximum atomic E-state index is 9.17. The third kappa shape index (κ3) is 1.77. The Balaban J connectivity index is 1.84. The first-order valence-corrected chi connectivity index (χ1v) is 7.55. The zero-order valence-electron chi connectivity index (χ0n) is 12.2. The predicted molar refractivity (Wildman–Crippen MR) is 85.1 cm³/mol. The van der Waals surface area contributed by atoms with Gasteiger partial charge >= 0.3 is 0 Å². The summed E-state index contributed by atoms with van der Waals surface area (Å²) in [5.74, 6) is 0.841. The van der Waals surface area contributed by atoms with Gasteiger partial charge in [0.2, 0.25) is 5.95 Å². The van der Waals surface area contributed by atoms with E-state index in [1.165, 1.54) is 0 Å². The van der Waals surface area contributed by atoms with Gasteiger partial charge in [0.1, 0.15) is 6.33 Å². The lowest BCUT2D eigenvalue weighted by molar-refractivity contribution is 0.728. The van der Waals surface area contributed by atoms with Crippen LogP contribution in [-0.4, -0.2) is 24.1 Å². The highest BCUT2D eigenvalue weighted by Gasteiger charge is 2.29. The van der Waals surface area contributed by atoms with E-state index < -0.39 is 0 Å². The molecule has 0 radical (unpaired) electrons. The maximum absolute atomic E-state index is 9.17. The molecule has 1 aliphatic rings. The number of aromatic nitrogens is 5. The Morgan fingerprint density at radius 3 is 2.87 bits per heavy atom. The minimum atomic E-state index is 0.443. The third-order valence-electron chi connectivity index (χ3n) is 4.28. The second kappa shape index (κ2) is 4.40. The molecule has 0 spiro atoms. The summed E-state index contributed by atoms with van der Waals surface area (Å²) >= 11 is 0. The van der Waals surface area contributed by atoms with Gasteiger partial charge in [-0.3, -0.25) is 9.55 Å². The molecule has 23 heavy (non-hydrogen) atoms. The average Bonchev–Trinajstić information content (AvgIpc) is 3.22. The highest BCUT2D eigenvalue weighted by Crippen LogP contribution is 2.40. The molecule has 1 aliphatic carbocycles. The van der Waals surface area contributed by atoms with Crippen LogP contribution in [0.3, 0.4) is 0 Å². The van der Waals surface area contributed by atoms with Gasteiger partial charge in [0.15, 0.2) is 0 Å². The minimum absolute atomic E-state index is 0.443. The molecule has 1 aromatic carbocycles. The number of benzene rings is 1. The first-order chi connectivity index (χ1) is 11.3. The van der Waals surface area contributed by atoms with Crippen molar-refractivity contribution < 1.29 is 0 Å². The Kier molecular flexibility index (Phi) is 2.36. The van der Waals surface area contributed by atoms with Crippen molar-refractivity contribution >= 4 is 22.1 Å². The maximum Gasteiger partial charge on any atom is 0.216 e. The Bertz CT molecular complexity index is 1090. The third-order valence-corrected chi connectivity index (χ3v) is 4.28. The molecule has 0 amide bonds. The van der Waals surface area contributed by atoms with Crippen molar-refractivity contribution in [3.63, 3.8) is 0 Å². The molecule has 3 aromatic heterocycles. The molecule has 3 heterocycles. The van der Waals surface area contributed by atoms with Gasteiger partial charge in [-0.05, 0) is 37.1 Å². The molecule has 1 fully saturated rings. The summed E-state index contributed by atoms with van der Waals surface area (Å²) in [5, 5.41) is 9.17. The van der Waals surface area contributed by atoms with Crippen LogP contribution in [0.25, 0.3) is 28.0 Å². The van der Waals surface area contributed by atoms with Crippen LogP contribution < -0.4 is 0 Å². The van der Waals surface area contributed by atoms with E-state index in [2.05, 4.69) is 20.6 Å². The van der Waals surface area contributed by atoms with Gasteiger partial charge in [-0.25, -0.2) is 9.97 Å². The summed E-state index contributed by atoms with van der Waals surface area (Å²) in [6, 6.07) is 10.2. The van der Waals surface area contributed by atoms with Gasteiger partial charge in [-0.2, -0.15) is 5.26 Å². The highest BCUT2D eigenvalue weighted by molar-refractivity contribution is 5.81. The van der Waals surface area contributed by atoms with Crippen molar-refractivity contribution in [2.45, 2.75) is 18.9 Å². The molecule has 6 nitrogen and oxygen atoms in total. The molecule has 110 valence electrons. The second-order valence-corrected chi connectivity index (χ2v) is 5.81. The zero-order valence-corrected chi connectivity index (χ0v) is 12.2. The Morgan fingerprint density at radius 2 is 2.04 bits per heavy atom. The van der Waals surface area contributed by atoms with Gasteiger partial charge in [-0.1, -0.05) is 0 Å². The van der Waals surface area contributed by atoms with Crippen molar-refractivity contribution in [1.29, 1.82) is 5.26 Å². The normalized spacial score (nSPS) is 14.4. The molecule has 0 aliphatic heterocycles. The SMILES string of the molecule is N#Cc1ccc2nc(-n3cnc4ccncc43)n(C3CC3)c2c1. The topological polar surface area (TPSA) is 72.3 Å². The van der Waals surface area contributed by atoms with E-state index >= 15 is 0 Å². The van der Waals surface area contributed by atoms with Gasteiger partial charge in [0, 0.05) is 12.2 Å². The van der Waals surface area contributed by atoms with E-state index in [0.717, 1.165) is 40.9 Å². The summed E-state index contributed by atoms with van der Waals surface area (Å²) in [5.41, 5.74) is 4.39. The van der Waals surface area contributed by atoms with Gasteiger partial charge < -0.3 is 4.57 Å². The summed E-state index contributed by atoms with van der Waals surface area (Å²) in [4.78, 5) is 13.4. The van der Waals surface area contributed by atoms with E-state index in [1.54, 1.807) is 18.7 Å². The van der Waals surface area contributed by atoms with Crippen molar-refractivity contribution in [2.24, 2.45) is 0 Å². The minimum Gasteiger partial charge on any atom is -0.306 e.